The van der Waals surface area contributed by atoms with Gasteiger partial charge in [-0.15, -0.1) is 6.58 Å². The van der Waals surface area contributed by atoms with Crippen LogP contribution in [0.3, 0.4) is 0 Å². The van der Waals surface area contributed by atoms with E-state index in [1.54, 1.807) is 0 Å². The van der Waals surface area contributed by atoms with Crippen molar-refractivity contribution in [2.75, 3.05) is 25.4 Å². The van der Waals surface area contributed by atoms with E-state index in [1.807, 2.05) is 13.8 Å². The van der Waals surface area contributed by atoms with Crippen LogP contribution in [0.5, 0.6) is 0 Å². The summed E-state index contributed by atoms with van der Waals surface area (Å²) < 4.78 is 24.8. The van der Waals surface area contributed by atoms with Crippen LogP contribution in [-0.4, -0.2) is 43.3 Å². The Morgan fingerprint density at radius 1 is 1.47 bits per heavy atom. The molecule has 0 aliphatic carbocycles. The number of nitrogens with zero attached hydrogens (tertiary/aromatic N) is 1. The summed E-state index contributed by atoms with van der Waals surface area (Å²) in [6.07, 6.45) is 2.17. The molecule has 0 fully saturated rings. The minimum absolute atomic E-state index is 0.137. The van der Waals surface area contributed by atoms with Gasteiger partial charge >= 0.3 is 0 Å². The molecule has 0 aromatic heterocycles. The molecular formula is C10H21NO3S. The zero-order valence-electron chi connectivity index (χ0n) is 9.52. The van der Waals surface area contributed by atoms with E-state index in [0.717, 1.165) is 0 Å². The van der Waals surface area contributed by atoms with Crippen molar-refractivity contribution in [3.05, 3.63) is 12.7 Å². The molecule has 0 amide bonds. The molecule has 0 spiro atoms. The number of sulfonamides is 1. The second kappa shape index (κ2) is 6.98. The first-order valence-electron chi connectivity index (χ1n) is 5.13. The topological polar surface area (TPSA) is 57.6 Å². The average molecular weight is 235 g/mol. The predicted octanol–water partition coefficient (Wildman–Crippen LogP) is 0.843. The van der Waals surface area contributed by atoms with Gasteiger partial charge < -0.3 is 5.11 Å². The van der Waals surface area contributed by atoms with E-state index in [-0.39, 0.29) is 25.4 Å². The Hall–Kier alpha value is -0.390. The highest BCUT2D eigenvalue weighted by Crippen LogP contribution is 2.07. The minimum Gasteiger partial charge on any atom is -0.395 e. The predicted molar refractivity (Wildman–Crippen MR) is 62.1 cm³/mol. The van der Waals surface area contributed by atoms with Gasteiger partial charge in [-0.2, -0.15) is 4.31 Å². The average Bonchev–Trinajstić information content (AvgIpc) is 2.15. The number of aliphatic hydroxyl groups excluding tert-OH is 1. The van der Waals surface area contributed by atoms with Crippen LogP contribution < -0.4 is 0 Å². The lowest BCUT2D eigenvalue weighted by molar-refractivity contribution is 0.260. The van der Waals surface area contributed by atoms with Crippen LogP contribution in [0.2, 0.25) is 0 Å². The van der Waals surface area contributed by atoms with Crippen molar-refractivity contribution in [1.29, 1.82) is 0 Å². The van der Waals surface area contributed by atoms with Crippen LogP contribution in [0.15, 0.2) is 12.7 Å². The van der Waals surface area contributed by atoms with Gasteiger partial charge in [-0.05, 0) is 12.3 Å². The zero-order valence-corrected chi connectivity index (χ0v) is 10.3. The molecule has 0 aliphatic heterocycles. The van der Waals surface area contributed by atoms with Crippen molar-refractivity contribution >= 4 is 10.0 Å². The molecule has 0 saturated carbocycles. The Bertz CT molecular complexity index is 272. The van der Waals surface area contributed by atoms with Gasteiger partial charge in [-0.25, -0.2) is 8.42 Å². The van der Waals surface area contributed by atoms with Gasteiger partial charge in [0.2, 0.25) is 10.0 Å². The highest BCUT2D eigenvalue weighted by molar-refractivity contribution is 7.89. The normalized spacial score (nSPS) is 12.3. The largest absolute Gasteiger partial charge is 0.395 e. The summed E-state index contributed by atoms with van der Waals surface area (Å²) in [7, 11) is -3.24. The van der Waals surface area contributed by atoms with Gasteiger partial charge in [-0.1, -0.05) is 19.9 Å². The lowest BCUT2D eigenvalue weighted by Crippen LogP contribution is -2.35. The summed E-state index contributed by atoms with van der Waals surface area (Å²) in [4.78, 5) is 0. The Balaban J connectivity index is 4.42. The summed E-state index contributed by atoms with van der Waals surface area (Å²) in [5.41, 5.74) is 0. The molecule has 1 N–H and O–H groups in total. The van der Waals surface area contributed by atoms with Crippen LogP contribution in [-0.2, 0) is 10.0 Å². The van der Waals surface area contributed by atoms with Gasteiger partial charge in [0.1, 0.15) is 0 Å². The standard InChI is InChI=1S/C10H21NO3S/c1-4-6-11(7-8-12)15(13,14)9-5-10(2)3/h4,10,12H,1,5-9H2,2-3H3. The van der Waals surface area contributed by atoms with Crippen molar-refractivity contribution in [1.82, 2.24) is 4.31 Å². The van der Waals surface area contributed by atoms with Crippen LogP contribution in [0.4, 0.5) is 0 Å². The molecule has 15 heavy (non-hydrogen) atoms. The Kier molecular flexibility index (Phi) is 6.80. The SMILES string of the molecule is C=CCN(CCO)S(=O)(=O)CCC(C)C. The Morgan fingerprint density at radius 3 is 2.47 bits per heavy atom. The number of hydrogen-bond acceptors (Lipinski definition) is 3. The van der Waals surface area contributed by atoms with Crippen molar-refractivity contribution in [2.45, 2.75) is 20.3 Å². The molecule has 4 nitrogen and oxygen atoms in total. The Labute approximate surface area is 92.6 Å². The van der Waals surface area contributed by atoms with Crippen molar-refractivity contribution in [3.8, 4) is 0 Å². The fourth-order valence-electron chi connectivity index (χ4n) is 1.11. The van der Waals surface area contributed by atoms with Gasteiger partial charge in [0.15, 0.2) is 0 Å². The van der Waals surface area contributed by atoms with Crippen LogP contribution in [0.1, 0.15) is 20.3 Å². The minimum atomic E-state index is -3.24. The van der Waals surface area contributed by atoms with E-state index < -0.39 is 10.0 Å². The number of rotatable bonds is 8. The smallest absolute Gasteiger partial charge is 0.214 e. The van der Waals surface area contributed by atoms with E-state index in [9.17, 15) is 8.42 Å². The third kappa shape index (κ3) is 5.92. The quantitative estimate of drug-likeness (QED) is 0.634. The monoisotopic (exact) mass is 235 g/mol. The second-order valence-electron chi connectivity index (χ2n) is 3.87. The molecule has 0 saturated heterocycles. The van der Waals surface area contributed by atoms with E-state index in [0.29, 0.717) is 12.3 Å². The van der Waals surface area contributed by atoms with Gasteiger partial charge in [-0.3, -0.25) is 0 Å². The molecular weight excluding hydrogens is 214 g/mol. The first-order chi connectivity index (χ1) is 6.94. The van der Waals surface area contributed by atoms with Gasteiger partial charge in [0, 0.05) is 13.1 Å². The highest BCUT2D eigenvalue weighted by Gasteiger charge is 2.20. The van der Waals surface area contributed by atoms with E-state index in [4.69, 9.17) is 5.11 Å². The van der Waals surface area contributed by atoms with Gasteiger partial charge in [0.25, 0.3) is 0 Å². The molecule has 0 aliphatic rings. The van der Waals surface area contributed by atoms with Crippen LogP contribution >= 0.6 is 0 Å². The van der Waals surface area contributed by atoms with Crippen molar-refractivity contribution in [2.24, 2.45) is 5.92 Å². The first kappa shape index (κ1) is 14.6. The molecule has 90 valence electrons. The Morgan fingerprint density at radius 2 is 2.07 bits per heavy atom. The van der Waals surface area contributed by atoms with E-state index >= 15 is 0 Å². The third-order valence-electron chi connectivity index (χ3n) is 2.03. The molecule has 0 unspecified atom stereocenters. The molecule has 0 aromatic rings. The van der Waals surface area contributed by atoms with Crippen molar-refractivity contribution in [3.63, 3.8) is 0 Å². The lowest BCUT2D eigenvalue weighted by Gasteiger charge is -2.20. The summed E-state index contributed by atoms with van der Waals surface area (Å²) in [5.74, 6) is 0.498. The number of hydrogen-bond donors (Lipinski definition) is 1. The summed E-state index contributed by atoms with van der Waals surface area (Å²) in [6, 6.07) is 0. The van der Waals surface area contributed by atoms with Crippen LogP contribution in [0, 0.1) is 5.92 Å². The molecule has 0 bridgehead atoms. The molecule has 0 aromatic carbocycles. The summed E-state index contributed by atoms with van der Waals surface area (Å²) >= 11 is 0. The maximum Gasteiger partial charge on any atom is 0.214 e. The summed E-state index contributed by atoms with van der Waals surface area (Å²) in [5, 5.41) is 8.76. The third-order valence-corrected chi connectivity index (χ3v) is 3.90. The van der Waals surface area contributed by atoms with E-state index in [1.165, 1.54) is 10.4 Å². The van der Waals surface area contributed by atoms with Gasteiger partial charge in [0.05, 0.1) is 12.4 Å². The maximum atomic E-state index is 11.8. The lowest BCUT2D eigenvalue weighted by atomic mass is 10.2. The molecule has 0 heterocycles. The molecule has 5 heteroatoms. The molecule has 0 atom stereocenters. The highest BCUT2D eigenvalue weighted by atomic mass is 32.2. The first-order valence-corrected chi connectivity index (χ1v) is 6.74. The fourth-order valence-corrected chi connectivity index (χ4v) is 2.83. The molecule has 0 radical (unpaired) electrons. The van der Waals surface area contributed by atoms with Crippen LogP contribution in [0.25, 0.3) is 0 Å². The number of aliphatic hydroxyl groups is 1. The van der Waals surface area contributed by atoms with Crippen molar-refractivity contribution < 1.29 is 13.5 Å². The van der Waals surface area contributed by atoms with E-state index in [2.05, 4.69) is 6.58 Å². The fraction of sp³-hybridized carbons (Fsp3) is 0.800. The maximum absolute atomic E-state index is 11.8. The molecule has 0 rings (SSSR count). The summed E-state index contributed by atoms with van der Waals surface area (Å²) in [6.45, 7) is 7.73. The zero-order chi connectivity index (χ0) is 11.9. The second-order valence-corrected chi connectivity index (χ2v) is 5.96.